The van der Waals surface area contributed by atoms with Gasteiger partial charge in [0.15, 0.2) is 0 Å². The molecule has 5 nitrogen and oxygen atoms in total. The second-order valence-electron chi connectivity index (χ2n) is 1.04. The first-order chi connectivity index (χ1) is 4.91. The molecule has 0 aromatic rings. The van der Waals surface area contributed by atoms with Crippen LogP contribution in [0.15, 0.2) is 25.5 Å². The predicted molar refractivity (Wildman–Crippen MR) is 30.7 cm³/mol. The van der Waals surface area contributed by atoms with Crippen molar-refractivity contribution in [2.24, 2.45) is 0 Å². The van der Waals surface area contributed by atoms with Gasteiger partial charge in [0.25, 0.3) is 0 Å². The van der Waals surface area contributed by atoms with Gasteiger partial charge in [0.1, 0.15) is 12.9 Å². The van der Waals surface area contributed by atoms with Crippen LogP contribution in [0.25, 0.3) is 0 Å². The van der Waals surface area contributed by atoms with Crippen molar-refractivity contribution in [1.82, 2.24) is 0 Å². The normalized spacial score (nSPS) is 8.80. The zero-order chi connectivity index (χ0) is 7.66. The van der Waals surface area contributed by atoms with E-state index in [0.717, 1.165) is 6.26 Å². The van der Waals surface area contributed by atoms with E-state index < -0.39 is 0 Å². The van der Waals surface area contributed by atoms with Crippen molar-refractivity contribution in [2.45, 2.75) is 0 Å². The summed E-state index contributed by atoms with van der Waals surface area (Å²) in [5.74, 6) is 0. The van der Waals surface area contributed by atoms with Gasteiger partial charge in [-0.2, -0.15) is 4.89 Å². The molecule has 0 aromatic heterocycles. The summed E-state index contributed by atoms with van der Waals surface area (Å²) in [6, 6.07) is 0. The maximum atomic E-state index is 4.25. The highest BCUT2D eigenvalue weighted by molar-refractivity contribution is 4.61. The highest BCUT2D eigenvalue weighted by atomic mass is 17.8. The van der Waals surface area contributed by atoms with Crippen LogP contribution < -0.4 is 0 Å². The van der Waals surface area contributed by atoms with Gasteiger partial charge in [-0.05, 0) is 5.04 Å². The summed E-state index contributed by atoms with van der Waals surface area (Å²) < 4.78 is 0. The van der Waals surface area contributed by atoms with E-state index in [4.69, 9.17) is 0 Å². The van der Waals surface area contributed by atoms with E-state index in [1.165, 1.54) is 6.08 Å². The Morgan fingerprint density at radius 2 is 1.90 bits per heavy atom. The van der Waals surface area contributed by atoms with Gasteiger partial charge >= 0.3 is 0 Å². The zero-order valence-electron chi connectivity index (χ0n) is 5.32. The SMILES string of the molecule is C=CCOOOOOC=C. The molecule has 58 valence electrons. The van der Waals surface area contributed by atoms with Crippen LogP contribution >= 0.6 is 0 Å². The Morgan fingerprint density at radius 3 is 2.50 bits per heavy atom. The fourth-order valence-electron chi connectivity index (χ4n) is 0.151. The van der Waals surface area contributed by atoms with Crippen LogP contribution in [0.3, 0.4) is 0 Å². The first-order valence-electron chi connectivity index (χ1n) is 2.42. The molecule has 0 N–H and O–H groups in total. The van der Waals surface area contributed by atoms with Crippen LogP contribution in [0.2, 0.25) is 0 Å². The van der Waals surface area contributed by atoms with Gasteiger partial charge in [-0.3, -0.25) is 0 Å². The van der Waals surface area contributed by atoms with Gasteiger partial charge in [-0.1, -0.05) is 12.7 Å². The van der Waals surface area contributed by atoms with Crippen molar-refractivity contribution in [3.8, 4) is 0 Å². The first-order valence-corrected chi connectivity index (χ1v) is 2.42. The lowest BCUT2D eigenvalue weighted by Crippen LogP contribution is -1.96. The van der Waals surface area contributed by atoms with E-state index in [1.807, 2.05) is 0 Å². The lowest BCUT2D eigenvalue weighted by atomic mass is 10.7. The molecule has 0 amide bonds. The number of hydrogen-bond acceptors (Lipinski definition) is 5. The lowest BCUT2D eigenvalue weighted by molar-refractivity contribution is -0.699. The first kappa shape index (κ1) is 9.12. The van der Waals surface area contributed by atoms with Gasteiger partial charge in [-0.15, -0.1) is 6.58 Å². The Labute approximate surface area is 58.1 Å². The fraction of sp³-hybridized carbons (Fsp3) is 0.200. The third-order valence-corrected chi connectivity index (χ3v) is 0.397. The summed E-state index contributed by atoms with van der Waals surface area (Å²) in [5.41, 5.74) is 0. The van der Waals surface area contributed by atoms with Crippen molar-refractivity contribution in [3.63, 3.8) is 0 Å². The molecule has 0 aliphatic heterocycles. The summed E-state index contributed by atoms with van der Waals surface area (Å²) in [6.07, 6.45) is 2.48. The Kier molecular flexibility index (Phi) is 7.41. The Balaban J connectivity index is 2.76. The molecule has 10 heavy (non-hydrogen) atoms. The standard InChI is InChI=1S/C5H8O5/c1-3-5-7-9-10-8-6-4-2/h3-4H,1-2,5H2. The molecular formula is C5H8O5. The van der Waals surface area contributed by atoms with Crippen LogP contribution in [-0.4, -0.2) is 6.61 Å². The van der Waals surface area contributed by atoms with Crippen molar-refractivity contribution >= 4 is 0 Å². The van der Waals surface area contributed by atoms with Crippen molar-refractivity contribution < 1.29 is 24.9 Å². The highest BCUT2D eigenvalue weighted by Crippen LogP contribution is 1.84. The summed E-state index contributed by atoms with van der Waals surface area (Å²) >= 11 is 0. The molecule has 0 aliphatic rings. The largest absolute Gasteiger partial charge is 0.315 e. The van der Waals surface area contributed by atoms with Crippen LogP contribution in [0.1, 0.15) is 0 Å². The van der Waals surface area contributed by atoms with E-state index in [2.05, 4.69) is 38.0 Å². The third-order valence-electron chi connectivity index (χ3n) is 0.397. The smallest absolute Gasteiger partial charge is 0.125 e. The molecule has 0 aromatic carbocycles. The molecule has 0 atom stereocenters. The second kappa shape index (κ2) is 8.12. The maximum absolute atomic E-state index is 4.25. The van der Waals surface area contributed by atoms with Crippen LogP contribution in [0.4, 0.5) is 0 Å². The van der Waals surface area contributed by atoms with Crippen molar-refractivity contribution in [1.29, 1.82) is 0 Å². The maximum Gasteiger partial charge on any atom is 0.125 e. The molecule has 0 aliphatic carbocycles. The van der Waals surface area contributed by atoms with Gasteiger partial charge in [0, 0.05) is 10.1 Å². The Hall–Kier alpha value is -0.880. The van der Waals surface area contributed by atoms with Crippen LogP contribution in [0.5, 0.6) is 0 Å². The minimum Gasteiger partial charge on any atom is -0.315 e. The van der Waals surface area contributed by atoms with Crippen molar-refractivity contribution in [2.75, 3.05) is 6.61 Å². The topological polar surface area (TPSA) is 46.2 Å². The molecule has 0 rings (SSSR count). The Morgan fingerprint density at radius 1 is 1.10 bits per heavy atom. The Bertz CT molecular complexity index is 80.0. The van der Waals surface area contributed by atoms with E-state index in [-0.39, 0.29) is 6.61 Å². The summed E-state index contributed by atoms with van der Waals surface area (Å²) in [4.78, 5) is 8.27. The lowest BCUT2D eigenvalue weighted by Gasteiger charge is -1.96. The zero-order valence-corrected chi connectivity index (χ0v) is 5.32. The van der Waals surface area contributed by atoms with Gasteiger partial charge in [-0.25, -0.2) is 0 Å². The summed E-state index contributed by atoms with van der Waals surface area (Å²) in [7, 11) is 0. The molecule has 0 radical (unpaired) electrons. The molecular weight excluding hydrogens is 140 g/mol. The quantitative estimate of drug-likeness (QED) is 0.177. The van der Waals surface area contributed by atoms with Gasteiger partial charge < -0.3 is 4.89 Å². The summed E-state index contributed by atoms with van der Waals surface area (Å²) in [5, 5.41) is 11.6. The van der Waals surface area contributed by atoms with E-state index in [0.29, 0.717) is 0 Å². The average Bonchev–Trinajstić information content (AvgIpc) is 1.97. The average molecular weight is 148 g/mol. The minimum absolute atomic E-state index is 0.192. The molecule has 0 spiro atoms. The molecule has 0 saturated heterocycles. The third kappa shape index (κ3) is 7.12. The van der Waals surface area contributed by atoms with E-state index >= 15 is 0 Å². The fourth-order valence-corrected chi connectivity index (χ4v) is 0.151. The highest BCUT2D eigenvalue weighted by Gasteiger charge is 1.85. The van der Waals surface area contributed by atoms with E-state index in [9.17, 15) is 0 Å². The number of rotatable bonds is 7. The molecule has 0 bridgehead atoms. The summed E-state index contributed by atoms with van der Waals surface area (Å²) in [6.45, 7) is 6.69. The van der Waals surface area contributed by atoms with E-state index in [1.54, 1.807) is 0 Å². The molecule has 0 heterocycles. The molecule has 5 heteroatoms. The number of hydrogen-bond donors (Lipinski definition) is 0. The van der Waals surface area contributed by atoms with Crippen LogP contribution in [-0.2, 0) is 24.9 Å². The molecule has 0 fully saturated rings. The monoisotopic (exact) mass is 148 g/mol. The van der Waals surface area contributed by atoms with Gasteiger partial charge in [0.05, 0.1) is 0 Å². The molecule has 0 unspecified atom stereocenters. The minimum atomic E-state index is 0.192. The predicted octanol–water partition coefficient (Wildman–Crippen LogP) is 1.06. The van der Waals surface area contributed by atoms with Gasteiger partial charge in [0.2, 0.25) is 0 Å². The van der Waals surface area contributed by atoms with Crippen molar-refractivity contribution in [3.05, 3.63) is 25.5 Å². The second-order valence-corrected chi connectivity index (χ2v) is 1.04. The molecule has 0 saturated carbocycles. The van der Waals surface area contributed by atoms with Crippen LogP contribution in [0, 0.1) is 0 Å².